The third-order valence-corrected chi connectivity index (χ3v) is 3.04. The van der Waals surface area contributed by atoms with E-state index in [4.69, 9.17) is 10.5 Å². The van der Waals surface area contributed by atoms with Crippen molar-refractivity contribution in [3.63, 3.8) is 0 Å². The smallest absolute Gasteiger partial charge is 0.340 e. The average Bonchev–Trinajstić information content (AvgIpc) is 2.36. The number of anilines is 2. The topological polar surface area (TPSA) is 55.6 Å². The third kappa shape index (κ3) is 4.62. The van der Waals surface area contributed by atoms with E-state index in [1.165, 1.54) is 19.2 Å². The van der Waals surface area contributed by atoms with Gasteiger partial charge in [0.2, 0.25) is 0 Å². The van der Waals surface area contributed by atoms with Gasteiger partial charge in [-0.3, -0.25) is 0 Å². The van der Waals surface area contributed by atoms with Crippen LogP contribution in [0.5, 0.6) is 0 Å². The van der Waals surface area contributed by atoms with E-state index in [2.05, 4.69) is 27.7 Å². The Morgan fingerprint density at radius 1 is 1.24 bits per heavy atom. The molecule has 1 aromatic carbocycles. The van der Waals surface area contributed by atoms with Crippen LogP contribution < -0.4 is 10.6 Å². The van der Waals surface area contributed by atoms with Gasteiger partial charge in [0.15, 0.2) is 0 Å². The van der Waals surface area contributed by atoms with Crippen molar-refractivity contribution in [2.45, 2.75) is 27.7 Å². The Bertz CT molecular complexity index is 491. The van der Waals surface area contributed by atoms with Crippen molar-refractivity contribution < 1.29 is 13.9 Å². The Morgan fingerprint density at radius 2 is 1.76 bits per heavy atom. The molecule has 0 bridgehead atoms. The lowest BCUT2D eigenvalue weighted by Crippen LogP contribution is -2.32. The molecule has 2 N–H and O–H groups in total. The number of nitrogens with two attached hydrogens (primary N) is 1. The summed E-state index contributed by atoms with van der Waals surface area (Å²) in [5.74, 6) is -0.214. The van der Waals surface area contributed by atoms with Crippen molar-refractivity contribution >= 4 is 17.3 Å². The number of methoxy groups -OCH3 is 1. The van der Waals surface area contributed by atoms with Crippen LogP contribution in [-0.2, 0) is 4.74 Å². The maximum Gasteiger partial charge on any atom is 0.340 e. The Hall–Kier alpha value is -1.78. The van der Waals surface area contributed by atoms with Crippen molar-refractivity contribution in [1.29, 1.82) is 0 Å². The molecule has 0 atom stereocenters. The number of nitrogens with zero attached hydrogens (tertiary/aromatic N) is 1. The molecule has 0 amide bonds. The molecule has 0 aromatic heterocycles. The maximum atomic E-state index is 14.3. The summed E-state index contributed by atoms with van der Waals surface area (Å²) in [4.78, 5) is 13.7. The van der Waals surface area contributed by atoms with E-state index in [1.54, 1.807) is 0 Å². The van der Waals surface area contributed by atoms with Gasteiger partial charge in [0.05, 0.1) is 18.4 Å². The molecule has 0 fully saturated rings. The van der Waals surface area contributed by atoms with E-state index in [0.29, 0.717) is 30.6 Å². The number of rotatable bonds is 6. The van der Waals surface area contributed by atoms with Crippen molar-refractivity contribution in [1.82, 2.24) is 0 Å². The molecule has 4 nitrogen and oxygen atoms in total. The summed E-state index contributed by atoms with van der Waals surface area (Å²) in [6.07, 6.45) is 0. The van der Waals surface area contributed by atoms with Gasteiger partial charge in [-0.1, -0.05) is 27.7 Å². The van der Waals surface area contributed by atoms with E-state index in [0.717, 1.165) is 0 Å². The van der Waals surface area contributed by atoms with Crippen molar-refractivity contribution in [2.24, 2.45) is 11.8 Å². The van der Waals surface area contributed by atoms with Crippen molar-refractivity contribution in [3.05, 3.63) is 23.5 Å². The summed E-state index contributed by atoms with van der Waals surface area (Å²) in [7, 11) is 1.28. The first-order valence-electron chi connectivity index (χ1n) is 7.18. The van der Waals surface area contributed by atoms with Gasteiger partial charge in [0.1, 0.15) is 5.82 Å². The normalized spacial score (nSPS) is 11.0. The van der Waals surface area contributed by atoms with Crippen molar-refractivity contribution in [3.8, 4) is 0 Å². The largest absolute Gasteiger partial charge is 0.465 e. The van der Waals surface area contributed by atoms with Crippen LogP contribution in [0.4, 0.5) is 15.8 Å². The molecule has 0 saturated carbocycles. The van der Waals surface area contributed by atoms with Crippen LogP contribution in [0, 0.1) is 17.7 Å². The van der Waals surface area contributed by atoms with E-state index < -0.39 is 11.8 Å². The first kappa shape index (κ1) is 17.3. The molecule has 0 spiro atoms. The molecule has 0 aliphatic heterocycles. The first-order valence-corrected chi connectivity index (χ1v) is 7.18. The van der Waals surface area contributed by atoms with Gasteiger partial charge >= 0.3 is 5.97 Å². The zero-order valence-electron chi connectivity index (χ0n) is 13.4. The second kappa shape index (κ2) is 7.29. The number of hydrogen-bond donors (Lipinski definition) is 1. The van der Waals surface area contributed by atoms with Gasteiger partial charge in [-0.05, 0) is 24.0 Å². The van der Waals surface area contributed by atoms with Gasteiger partial charge in [-0.25, -0.2) is 9.18 Å². The zero-order chi connectivity index (χ0) is 16.2. The molecule has 1 rings (SSSR count). The van der Waals surface area contributed by atoms with Crippen LogP contribution in [-0.4, -0.2) is 26.2 Å². The number of nitrogen functional groups attached to an aromatic ring is 1. The SMILES string of the molecule is COC(=O)c1cc(N(CC(C)C)CC(C)C)c(F)cc1N. The fraction of sp³-hybridized carbons (Fsp3) is 0.562. The summed E-state index contributed by atoms with van der Waals surface area (Å²) in [5.41, 5.74) is 6.40. The molecule has 21 heavy (non-hydrogen) atoms. The molecule has 0 aliphatic carbocycles. The molecule has 0 radical (unpaired) electrons. The van der Waals surface area contributed by atoms with Crippen LogP contribution >= 0.6 is 0 Å². The number of benzene rings is 1. The number of esters is 1. The summed E-state index contributed by atoms with van der Waals surface area (Å²) in [5, 5.41) is 0. The standard InChI is InChI=1S/C16H25FN2O2/c1-10(2)8-19(9-11(3)4)15-6-12(16(20)21-5)14(18)7-13(15)17/h6-7,10-11H,8-9,18H2,1-5H3. The summed E-state index contributed by atoms with van der Waals surface area (Å²) < 4.78 is 19.0. The molecular weight excluding hydrogens is 271 g/mol. The lowest BCUT2D eigenvalue weighted by atomic mass is 10.1. The summed E-state index contributed by atoms with van der Waals surface area (Å²) in [6, 6.07) is 2.68. The van der Waals surface area contributed by atoms with Gasteiger partial charge in [0, 0.05) is 18.8 Å². The second-order valence-corrected chi connectivity index (χ2v) is 6.08. The molecule has 0 heterocycles. The molecule has 1 aromatic rings. The van der Waals surface area contributed by atoms with Gasteiger partial charge in [-0.2, -0.15) is 0 Å². The van der Waals surface area contributed by atoms with Crippen LogP contribution in [0.15, 0.2) is 12.1 Å². The molecule has 118 valence electrons. The van der Waals surface area contributed by atoms with Gasteiger partial charge in [-0.15, -0.1) is 0 Å². The minimum absolute atomic E-state index is 0.0946. The first-order chi connectivity index (χ1) is 9.76. The van der Waals surface area contributed by atoms with Gasteiger partial charge in [0.25, 0.3) is 0 Å². The highest BCUT2D eigenvalue weighted by Crippen LogP contribution is 2.27. The van der Waals surface area contributed by atoms with E-state index in [9.17, 15) is 9.18 Å². The Balaban J connectivity index is 3.26. The maximum absolute atomic E-state index is 14.3. The average molecular weight is 296 g/mol. The molecule has 5 heteroatoms. The van der Waals surface area contributed by atoms with E-state index in [-0.39, 0.29) is 11.3 Å². The number of halogens is 1. The minimum Gasteiger partial charge on any atom is -0.465 e. The molecule has 0 aliphatic rings. The zero-order valence-corrected chi connectivity index (χ0v) is 13.4. The second-order valence-electron chi connectivity index (χ2n) is 6.08. The Kier molecular flexibility index (Phi) is 6.00. The van der Waals surface area contributed by atoms with Crippen LogP contribution in [0.2, 0.25) is 0 Å². The predicted octanol–water partition coefficient (Wildman–Crippen LogP) is 3.31. The highest BCUT2D eigenvalue weighted by atomic mass is 19.1. The predicted molar refractivity (Wildman–Crippen MR) is 84.0 cm³/mol. The molecule has 0 unspecified atom stereocenters. The Morgan fingerprint density at radius 3 is 2.19 bits per heavy atom. The Labute approximate surface area is 126 Å². The van der Waals surface area contributed by atoms with Crippen LogP contribution in [0.25, 0.3) is 0 Å². The highest BCUT2D eigenvalue weighted by molar-refractivity contribution is 5.96. The molecule has 0 saturated heterocycles. The lowest BCUT2D eigenvalue weighted by Gasteiger charge is -2.29. The minimum atomic E-state index is -0.553. The van der Waals surface area contributed by atoms with Gasteiger partial charge < -0.3 is 15.4 Å². The van der Waals surface area contributed by atoms with E-state index >= 15 is 0 Å². The summed E-state index contributed by atoms with van der Waals surface area (Å²) in [6.45, 7) is 9.71. The monoisotopic (exact) mass is 296 g/mol. The number of hydrogen-bond acceptors (Lipinski definition) is 4. The third-order valence-electron chi connectivity index (χ3n) is 3.04. The number of carbonyl (C=O) groups excluding carboxylic acids is 1. The summed E-state index contributed by atoms with van der Waals surface area (Å²) >= 11 is 0. The number of carbonyl (C=O) groups is 1. The highest BCUT2D eigenvalue weighted by Gasteiger charge is 2.20. The fourth-order valence-corrected chi connectivity index (χ4v) is 2.26. The van der Waals surface area contributed by atoms with Crippen LogP contribution in [0.1, 0.15) is 38.1 Å². The van der Waals surface area contributed by atoms with Crippen LogP contribution in [0.3, 0.4) is 0 Å². The quantitative estimate of drug-likeness (QED) is 0.646. The lowest BCUT2D eigenvalue weighted by molar-refractivity contribution is 0.0602. The fourth-order valence-electron chi connectivity index (χ4n) is 2.26. The van der Waals surface area contributed by atoms with Crippen molar-refractivity contribution in [2.75, 3.05) is 30.8 Å². The molecular formula is C16H25FN2O2. The van der Waals surface area contributed by atoms with E-state index in [1.807, 2.05) is 4.90 Å². The number of ether oxygens (including phenoxy) is 1.